The predicted molar refractivity (Wildman–Crippen MR) is 101 cm³/mol. The first-order chi connectivity index (χ1) is 12.2. The fraction of sp³-hybridized carbons (Fsp3) is 0.0435. The van der Waals surface area contributed by atoms with Gasteiger partial charge in [0.25, 0.3) is 0 Å². The quantitative estimate of drug-likeness (QED) is 0.427. The average Bonchev–Trinajstić information content (AvgIpc) is 2.68. The van der Waals surface area contributed by atoms with Crippen molar-refractivity contribution < 1.29 is 9.13 Å². The summed E-state index contributed by atoms with van der Waals surface area (Å²) in [5, 5.41) is 1.92. The third kappa shape index (κ3) is 2.99. The minimum Gasteiger partial charge on any atom is -0.497 e. The molecule has 4 rings (SSSR count). The molecule has 122 valence electrons. The van der Waals surface area contributed by atoms with Crippen molar-refractivity contribution in [1.82, 2.24) is 0 Å². The van der Waals surface area contributed by atoms with E-state index in [9.17, 15) is 4.39 Å². The van der Waals surface area contributed by atoms with E-state index in [1.54, 1.807) is 13.2 Å². The number of halogens is 1. The molecule has 0 atom stereocenters. The summed E-state index contributed by atoms with van der Waals surface area (Å²) < 4.78 is 18.9. The van der Waals surface area contributed by atoms with E-state index < -0.39 is 0 Å². The monoisotopic (exact) mass is 328 g/mol. The second-order valence-corrected chi connectivity index (χ2v) is 5.98. The van der Waals surface area contributed by atoms with Crippen molar-refractivity contribution in [2.24, 2.45) is 0 Å². The lowest BCUT2D eigenvalue weighted by atomic mass is 9.91. The molecule has 4 aromatic rings. The van der Waals surface area contributed by atoms with Crippen LogP contribution in [0.2, 0.25) is 0 Å². The molecule has 0 N–H and O–H groups in total. The summed E-state index contributed by atoms with van der Waals surface area (Å²) in [5.74, 6) is 0.608. The summed E-state index contributed by atoms with van der Waals surface area (Å²) in [6.45, 7) is 0. The van der Waals surface area contributed by atoms with Gasteiger partial charge in [-0.3, -0.25) is 0 Å². The Morgan fingerprint density at radius 3 is 1.96 bits per heavy atom. The second kappa shape index (κ2) is 6.40. The molecular formula is C23H17FO. The van der Waals surface area contributed by atoms with Crippen LogP contribution in [0.15, 0.2) is 84.9 Å². The molecule has 0 heterocycles. The van der Waals surface area contributed by atoms with Gasteiger partial charge in [0.15, 0.2) is 0 Å². The lowest BCUT2D eigenvalue weighted by Gasteiger charge is -2.13. The summed E-state index contributed by atoms with van der Waals surface area (Å²) in [4.78, 5) is 0. The molecule has 0 fully saturated rings. The highest BCUT2D eigenvalue weighted by atomic mass is 19.1. The topological polar surface area (TPSA) is 9.23 Å². The zero-order valence-electron chi connectivity index (χ0n) is 13.9. The van der Waals surface area contributed by atoms with Crippen LogP contribution in [-0.4, -0.2) is 7.11 Å². The molecule has 0 saturated heterocycles. The van der Waals surface area contributed by atoms with Crippen molar-refractivity contribution in [3.05, 3.63) is 90.7 Å². The molecule has 0 spiro atoms. The number of hydrogen-bond donors (Lipinski definition) is 0. The van der Waals surface area contributed by atoms with Crippen LogP contribution in [0.1, 0.15) is 0 Å². The largest absolute Gasteiger partial charge is 0.497 e. The van der Waals surface area contributed by atoms with Gasteiger partial charge in [0.2, 0.25) is 0 Å². The minimum atomic E-state index is -0.219. The van der Waals surface area contributed by atoms with Gasteiger partial charge in [0.1, 0.15) is 11.6 Å². The fourth-order valence-electron chi connectivity index (χ4n) is 3.13. The average molecular weight is 328 g/mol. The van der Waals surface area contributed by atoms with E-state index in [1.807, 2.05) is 36.4 Å². The highest BCUT2D eigenvalue weighted by Gasteiger charge is 2.10. The van der Waals surface area contributed by atoms with Crippen LogP contribution in [0, 0.1) is 5.82 Å². The third-order valence-electron chi connectivity index (χ3n) is 4.42. The summed E-state index contributed by atoms with van der Waals surface area (Å²) >= 11 is 0. The number of benzene rings is 4. The van der Waals surface area contributed by atoms with Gasteiger partial charge in [0, 0.05) is 0 Å². The molecule has 0 bridgehead atoms. The smallest absolute Gasteiger partial charge is 0.123 e. The van der Waals surface area contributed by atoms with Crippen molar-refractivity contribution in [2.75, 3.05) is 7.11 Å². The first kappa shape index (κ1) is 15.4. The molecule has 1 nitrogen and oxygen atoms in total. The van der Waals surface area contributed by atoms with Crippen LogP contribution in [0.3, 0.4) is 0 Å². The van der Waals surface area contributed by atoms with E-state index in [0.717, 1.165) is 38.8 Å². The zero-order valence-corrected chi connectivity index (χ0v) is 13.9. The first-order valence-electron chi connectivity index (χ1n) is 8.18. The maximum absolute atomic E-state index is 13.7. The highest BCUT2D eigenvalue weighted by molar-refractivity contribution is 5.96. The molecule has 0 radical (unpaired) electrons. The molecule has 2 heteroatoms. The van der Waals surface area contributed by atoms with Crippen LogP contribution in [0.4, 0.5) is 4.39 Å². The molecule has 25 heavy (non-hydrogen) atoms. The summed E-state index contributed by atoms with van der Waals surface area (Å²) in [6.07, 6.45) is 0. The van der Waals surface area contributed by atoms with Crippen molar-refractivity contribution in [3.8, 4) is 28.0 Å². The molecular weight excluding hydrogens is 311 g/mol. The van der Waals surface area contributed by atoms with Crippen LogP contribution < -0.4 is 4.74 Å². The molecule has 0 unspecified atom stereocenters. The van der Waals surface area contributed by atoms with Gasteiger partial charge >= 0.3 is 0 Å². The van der Waals surface area contributed by atoms with Crippen molar-refractivity contribution in [1.29, 1.82) is 0 Å². The van der Waals surface area contributed by atoms with Gasteiger partial charge in [-0.05, 0) is 69.4 Å². The van der Waals surface area contributed by atoms with Crippen molar-refractivity contribution >= 4 is 10.8 Å². The number of rotatable bonds is 3. The molecule has 0 saturated carbocycles. The van der Waals surface area contributed by atoms with Gasteiger partial charge in [0.05, 0.1) is 7.11 Å². The van der Waals surface area contributed by atoms with Gasteiger partial charge in [-0.2, -0.15) is 0 Å². The standard InChI is InChI=1S/C23H17FO/c1-25-21-11-8-17(9-12-21)22-14-18-7-10-20(24)13-19(18)15-23(22)16-5-3-2-4-6-16/h2-15H,1H3. The van der Waals surface area contributed by atoms with Crippen LogP contribution >= 0.6 is 0 Å². The predicted octanol–water partition coefficient (Wildman–Crippen LogP) is 6.32. The highest BCUT2D eigenvalue weighted by Crippen LogP contribution is 2.36. The number of fused-ring (bicyclic) bond motifs is 1. The third-order valence-corrected chi connectivity index (χ3v) is 4.42. The number of ether oxygens (including phenoxy) is 1. The Morgan fingerprint density at radius 2 is 1.28 bits per heavy atom. The van der Waals surface area contributed by atoms with E-state index in [-0.39, 0.29) is 5.82 Å². The Morgan fingerprint density at radius 1 is 0.640 bits per heavy atom. The molecule has 0 aliphatic carbocycles. The van der Waals surface area contributed by atoms with E-state index in [4.69, 9.17) is 4.74 Å². The molecule has 0 aliphatic heterocycles. The second-order valence-electron chi connectivity index (χ2n) is 5.98. The van der Waals surface area contributed by atoms with Crippen LogP contribution in [0.25, 0.3) is 33.0 Å². The SMILES string of the molecule is COc1ccc(-c2cc3ccc(F)cc3cc2-c2ccccc2)cc1. The van der Waals surface area contributed by atoms with Crippen molar-refractivity contribution in [2.45, 2.75) is 0 Å². The Bertz CT molecular complexity index is 1020. The molecule has 0 aliphatic rings. The van der Waals surface area contributed by atoms with E-state index in [2.05, 4.69) is 36.4 Å². The Hall–Kier alpha value is -3.13. The fourth-order valence-corrected chi connectivity index (χ4v) is 3.13. The van der Waals surface area contributed by atoms with E-state index in [1.165, 1.54) is 6.07 Å². The minimum absolute atomic E-state index is 0.219. The molecule has 0 aromatic heterocycles. The van der Waals surface area contributed by atoms with Gasteiger partial charge in [-0.15, -0.1) is 0 Å². The molecule has 4 aromatic carbocycles. The maximum atomic E-state index is 13.7. The zero-order chi connectivity index (χ0) is 17.2. The Labute approximate surface area is 146 Å². The van der Waals surface area contributed by atoms with E-state index in [0.29, 0.717) is 0 Å². The lowest BCUT2D eigenvalue weighted by molar-refractivity contribution is 0.415. The van der Waals surface area contributed by atoms with Gasteiger partial charge in [-0.25, -0.2) is 4.39 Å². The number of methoxy groups -OCH3 is 1. The Kier molecular flexibility index (Phi) is 3.95. The summed E-state index contributed by atoms with van der Waals surface area (Å²) in [5.41, 5.74) is 4.42. The Balaban J connectivity index is 1.98. The normalized spacial score (nSPS) is 10.8. The van der Waals surface area contributed by atoms with Crippen LogP contribution in [-0.2, 0) is 0 Å². The maximum Gasteiger partial charge on any atom is 0.123 e. The first-order valence-corrected chi connectivity index (χ1v) is 8.18. The van der Waals surface area contributed by atoms with Crippen molar-refractivity contribution in [3.63, 3.8) is 0 Å². The van der Waals surface area contributed by atoms with Crippen LogP contribution in [0.5, 0.6) is 5.75 Å². The lowest BCUT2D eigenvalue weighted by Crippen LogP contribution is -1.88. The van der Waals surface area contributed by atoms with E-state index >= 15 is 0 Å². The summed E-state index contributed by atoms with van der Waals surface area (Å²) in [7, 11) is 1.66. The van der Waals surface area contributed by atoms with Gasteiger partial charge < -0.3 is 4.74 Å². The van der Waals surface area contributed by atoms with Gasteiger partial charge in [-0.1, -0.05) is 48.5 Å². The summed E-state index contributed by atoms with van der Waals surface area (Å²) in [6, 6.07) is 27.3. The number of hydrogen-bond acceptors (Lipinski definition) is 1. The molecule has 0 amide bonds.